The van der Waals surface area contributed by atoms with Crippen LogP contribution in [0.4, 0.5) is 0 Å². The summed E-state index contributed by atoms with van der Waals surface area (Å²) in [6.07, 6.45) is 74.2. The lowest BCUT2D eigenvalue weighted by Crippen LogP contribution is -2.30. The first-order valence-corrected chi connectivity index (χ1v) is 29.1. The zero-order chi connectivity index (χ0) is 50.0. The van der Waals surface area contributed by atoms with Crippen LogP contribution in [0.25, 0.3) is 0 Å². The predicted octanol–water partition coefficient (Wildman–Crippen LogP) is 19.5. The summed E-state index contributed by atoms with van der Waals surface area (Å²) in [4.78, 5) is 38.2. The molecule has 0 amide bonds. The number of esters is 3. The molecule has 0 saturated carbocycles. The summed E-state index contributed by atoms with van der Waals surface area (Å²) in [5.74, 6) is -0.917. The molecular weight excluding hydrogens is 853 g/mol. The van der Waals surface area contributed by atoms with E-state index in [1.54, 1.807) is 0 Å². The molecule has 0 radical (unpaired) electrons. The summed E-state index contributed by atoms with van der Waals surface area (Å²) < 4.78 is 16.9. The number of carbonyl (C=O) groups excluding carboxylic acids is 3. The van der Waals surface area contributed by atoms with Crippen molar-refractivity contribution in [3.8, 4) is 0 Å². The summed E-state index contributed by atoms with van der Waals surface area (Å²) in [7, 11) is 0. The van der Waals surface area contributed by atoms with E-state index in [0.717, 1.165) is 103 Å². The smallest absolute Gasteiger partial charge is 0.306 e. The van der Waals surface area contributed by atoms with Crippen molar-refractivity contribution in [2.75, 3.05) is 13.2 Å². The van der Waals surface area contributed by atoms with E-state index < -0.39 is 6.10 Å². The van der Waals surface area contributed by atoms with E-state index in [2.05, 4.69) is 106 Å². The largest absolute Gasteiger partial charge is 0.462 e. The first-order chi connectivity index (χ1) is 34.0. The number of allylic oxidation sites excluding steroid dienone is 14. The average Bonchev–Trinajstić information content (AvgIpc) is 3.35. The van der Waals surface area contributed by atoms with Crippen LogP contribution in [-0.2, 0) is 28.6 Å². The Balaban J connectivity index is 4.43. The normalized spacial score (nSPS) is 12.7. The molecular formula is C63H108O6. The molecule has 1 atom stereocenters. The van der Waals surface area contributed by atoms with Gasteiger partial charge in [-0.1, -0.05) is 247 Å². The third kappa shape index (κ3) is 55.4. The van der Waals surface area contributed by atoms with Crippen LogP contribution in [0.15, 0.2) is 85.1 Å². The van der Waals surface area contributed by atoms with Crippen molar-refractivity contribution in [3.63, 3.8) is 0 Å². The van der Waals surface area contributed by atoms with Crippen LogP contribution in [0.3, 0.4) is 0 Å². The van der Waals surface area contributed by atoms with Crippen LogP contribution >= 0.6 is 0 Å². The molecule has 0 spiro atoms. The van der Waals surface area contributed by atoms with Crippen LogP contribution in [0, 0.1) is 0 Å². The Morgan fingerprint density at radius 1 is 0.304 bits per heavy atom. The summed E-state index contributed by atoms with van der Waals surface area (Å²) in [5.41, 5.74) is 0. The maximum atomic E-state index is 12.9. The topological polar surface area (TPSA) is 78.9 Å². The van der Waals surface area contributed by atoms with Crippen molar-refractivity contribution in [2.24, 2.45) is 0 Å². The van der Waals surface area contributed by atoms with Gasteiger partial charge in [-0.05, 0) is 96.3 Å². The highest BCUT2D eigenvalue weighted by Gasteiger charge is 2.19. The number of rotatable bonds is 52. The van der Waals surface area contributed by atoms with Crippen molar-refractivity contribution in [1.82, 2.24) is 0 Å². The summed E-state index contributed by atoms with van der Waals surface area (Å²) in [6.45, 7) is 6.49. The highest BCUT2D eigenvalue weighted by molar-refractivity contribution is 5.71. The number of carbonyl (C=O) groups is 3. The van der Waals surface area contributed by atoms with Gasteiger partial charge in [0.15, 0.2) is 6.10 Å². The lowest BCUT2D eigenvalue weighted by molar-refractivity contribution is -0.167. The zero-order valence-electron chi connectivity index (χ0n) is 45.3. The van der Waals surface area contributed by atoms with E-state index in [1.807, 2.05) is 0 Å². The second-order valence-corrected chi connectivity index (χ2v) is 19.2. The molecule has 0 N–H and O–H groups in total. The minimum absolute atomic E-state index is 0.0869. The minimum atomic E-state index is -0.792. The molecule has 0 aliphatic carbocycles. The lowest BCUT2D eigenvalue weighted by Gasteiger charge is -2.18. The van der Waals surface area contributed by atoms with Gasteiger partial charge in [0, 0.05) is 19.3 Å². The SMILES string of the molecule is CC/C=C\C/C=C\C/C=C\C/C=C\C/C=C\CCCCCC(=O)OC[C@H](COC(=O)CCCCCCCCCCCCCCC)OC(=O)CCCCCCCCCCC/C=C\C/C=C\CCCCC. The third-order valence-corrected chi connectivity index (χ3v) is 12.4. The Morgan fingerprint density at radius 3 is 0.928 bits per heavy atom. The maximum Gasteiger partial charge on any atom is 0.306 e. The third-order valence-electron chi connectivity index (χ3n) is 12.4. The molecule has 0 aromatic heterocycles. The molecule has 0 aromatic rings. The number of ether oxygens (including phenoxy) is 3. The summed E-state index contributed by atoms with van der Waals surface area (Å²) in [5, 5.41) is 0. The average molecular weight is 962 g/mol. The highest BCUT2D eigenvalue weighted by Crippen LogP contribution is 2.15. The molecule has 0 rings (SSSR count). The Morgan fingerprint density at radius 2 is 0.565 bits per heavy atom. The van der Waals surface area contributed by atoms with Crippen molar-refractivity contribution >= 4 is 17.9 Å². The van der Waals surface area contributed by atoms with E-state index in [4.69, 9.17) is 14.2 Å². The second-order valence-electron chi connectivity index (χ2n) is 19.2. The Kier molecular flexibility index (Phi) is 54.3. The highest BCUT2D eigenvalue weighted by atomic mass is 16.6. The molecule has 0 aromatic carbocycles. The zero-order valence-corrected chi connectivity index (χ0v) is 45.3. The first-order valence-electron chi connectivity index (χ1n) is 29.1. The summed E-state index contributed by atoms with van der Waals surface area (Å²) in [6, 6.07) is 0. The number of hydrogen-bond donors (Lipinski definition) is 0. The van der Waals surface area contributed by atoms with E-state index >= 15 is 0 Å². The maximum absolute atomic E-state index is 12.9. The van der Waals surface area contributed by atoms with Gasteiger partial charge in [0.2, 0.25) is 0 Å². The monoisotopic (exact) mass is 961 g/mol. The van der Waals surface area contributed by atoms with Gasteiger partial charge in [0.25, 0.3) is 0 Å². The fraction of sp³-hybridized carbons (Fsp3) is 0.730. The van der Waals surface area contributed by atoms with Crippen LogP contribution in [-0.4, -0.2) is 37.2 Å². The molecule has 6 nitrogen and oxygen atoms in total. The molecule has 0 saturated heterocycles. The van der Waals surface area contributed by atoms with Gasteiger partial charge in [-0.25, -0.2) is 0 Å². The van der Waals surface area contributed by atoms with E-state index in [9.17, 15) is 14.4 Å². The minimum Gasteiger partial charge on any atom is -0.462 e. The standard InChI is InChI=1S/C63H108O6/c1-4-7-10-13-16-19-22-25-27-29-31-33-35-38-41-44-47-50-53-56-62(65)68-59-60(58-67-61(64)55-52-49-46-43-40-37-24-21-18-15-12-9-6-3)69-63(66)57-54-51-48-45-42-39-36-34-32-30-28-26-23-20-17-14-11-8-5-2/h7,10,16-17,19-20,25-28,31,33,38,41,60H,4-6,8-9,11-15,18,21-24,29-30,32,34-37,39-40,42-59H2,1-3H3/b10-7-,19-16-,20-17-,27-25-,28-26-,33-31-,41-38-/t60-/m0/s1. The van der Waals surface area contributed by atoms with Crippen molar-refractivity contribution in [1.29, 1.82) is 0 Å². The predicted molar refractivity (Wildman–Crippen MR) is 297 cm³/mol. The molecule has 396 valence electrons. The van der Waals surface area contributed by atoms with Gasteiger partial charge in [0.1, 0.15) is 13.2 Å². The first kappa shape index (κ1) is 65.6. The van der Waals surface area contributed by atoms with E-state index in [0.29, 0.717) is 19.3 Å². The van der Waals surface area contributed by atoms with E-state index in [1.165, 1.54) is 135 Å². The second kappa shape index (κ2) is 57.2. The molecule has 0 aliphatic heterocycles. The Hall–Kier alpha value is -3.41. The van der Waals surface area contributed by atoms with Gasteiger partial charge in [-0.2, -0.15) is 0 Å². The quantitative estimate of drug-likeness (QED) is 0.0262. The van der Waals surface area contributed by atoms with Gasteiger partial charge in [-0.3, -0.25) is 14.4 Å². The number of hydrogen-bond acceptors (Lipinski definition) is 6. The molecule has 69 heavy (non-hydrogen) atoms. The Bertz CT molecular complexity index is 1330. The molecule has 0 fully saturated rings. The van der Waals surface area contributed by atoms with Gasteiger partial charge in [-0.15, -0.1) is 0 Å². The lowest BCUT2D eigenvalue weighted by atomic mass is 10.0. The van der Waals surface area contributed by atoms with Crippen LogP contribution in [0.2, 0.25) is 0 Å². The fourth-order valence-corrected chi connectivity index (χ4v) is 8.03. The van der Waals surface area contributed by atoms with Crippen molar-refractivity contribution < 1.29 is 28.6 Å². The van der Waals surface area contributed by atoms with Crippen LogP contribution in [0.5, 0.6) is 0 Å². The summed E-state index contributed by atoms with van der Waals surface area (Å²) >= 11 is 0. The van der Waals surface area contributed by atoms with Crippen LogP contribution in [0.1, 0.15) is 278 Å². The van der Waals surface area contributed by atoms with Crippen molar-refractivity contribution in [3.05, 3.63) is 85.1 Å². The molecule has 0 unspecified atom stereocenters. The van der Waals surface area contributed by atoms with Gasteiger partial charge >= 0.3 is 17.9 Å². The number of unbranched alkanes of at least 4 members (excludes halogenated alkanes) is 27. The molecule has 6 heteroatoms. The van der Waals surface area contributed by atoms with Gasteiger partial charge in [0.05, 0.1) is 0 Å². The molecule has 0 heterocycles. The molecule has 0 bridgehead atoms. The molecule has 0 aliphatic rings. The fourth-order valence-electron chi connectivity index (χ4n) is 8.03. The van der Waals surface area contributed by atoms with E-state index in [-0.39, 0.29) is 31.1 Å². The van der Waals surface area contributed by atoms with Crippen LogP contribution < -0.4 is 0 Å². The Labute approximate surface area is 426 Å². The van der Waals surface area contributed by atoms with Crippen molar-refractivity contribution in [2.45, 2.75) is 284 Å². The van der Waals surface area contributed by atoms with Gasteiger partial charge < -0.3 is 14.2 Å².